The molecule has 1 N–H and O–H groups in total. The normalized spacial score (nSPS) is 10.2. The molecule has 5 nitrogen and oxygen atoms in total. The molecule has 0 bridgehead atoms. The van der Waals surface area contributed by atoms with E-state index in [1.165, 1.54) is 18.5 Å². The van der Waals surface area contributed by atoms with Gasteiger partial charge in [-0.05, 0) is 48.0 Å². The van der Waals surface area contributed by atoms with Crippen LogP contribution in [0.1, 0.15) is 5.56 Å². The number of carbonyl (C=O) groups is 1. The Kier molecular flexibility index (Phi) is 4.76. The number of amides is 1. The van der Waals surface area contributed by atoms with E-state index in [4.69, 9.17) is 4.74 Å². The lowest BCUT2D eigenvalue weighted by Crippen LogP contribution is -2.15. The number of nitrogens with zero attached hydrogens (tertiary/aromatic N) is 2. The van der Waals surface area contributed by atoms with Crippen molar-refractivity contribution < 1.29 is 13.9 Å². The van der Waals surface area contributed by atoms with Crippen molar-refractivity contribution in [3.63, 3.8) is 0 Å². The minimum Gasteiger partial charge on any atom is -0.457 e. The highest BCUT2D eigenvalue weighted by Crippen LogP contribution is 2.22. The molecule has 0 spiro atoms. The molecule has 0 radical (unpaired) electrons. The van der Waals surface area contributed by atoms with Crippen molar-refractivity contribution >= 4 is 11.7 Å². The molecule has 0 aliphatic carbocycles. The zero-order valence-corrected chi connectivity index (χ0v) is 12.6. The van der Waals surface area contributed by atoms with Gasteiger partial charge in [-0.1, -0.05) is 12.1 Å². The first-order chi connectivity index (χ1) is 11.7. The van der Waals surface area contributed by atoms with E-state index in [1.54, 1.807) is 48.7 Å². The quantitative estimate of drug-likeness (QED) is 0.779. The Morgan fingerprint density at radius 2 is 1.67 bits per heavy atom. The van der Waals surface area contributed by atoms with Crippen molar-refractivity contribution in [1.82, 2.24) is 9.97 Å². The summed E-state index contributed by atoms with van der Waals surface area (Å²) in [6, 6.07) is 14.5. The third kappa shape index (κ3) is 4.36. The fraction of sp³-hybridized carbons (Fsp3) is 0.0556. The van der Waals surface area contributed by atoms with Crippen LogP contribution in [-0.4, -0.2) is 15.9 Å². The molecule has 1 aromatic heterocycles. The first-order valence-corrected chi connectivity index (χ1v) is 7.27. The van der Waals surface area contributed by atoms with E-state index in [2.05, 4.69) is 15.3 Å². The lowest BCUT2D eigenvalue weighted by atomic mass is 10.1. The van der Waals surface area contributed by atoms with Crippen LogP contribution in [-0.2, 0) is 11.2 Å². The molecule has 1 amide bonds. The van der Waals surface area contributed by atoms with Crippen molar-refractivity contribution in [3.05, 3.63) is 78.5 Å². The van der Waals surface area contributed by atoms with Crippen molar-refractivity contribution in [2.75, 3.05) is 5.32 Å². The van der Waals surface area contributed by atoms with Gasteiger partial charge < -0.3 is 10.1 Å². The minimum absolute atomic E-state index is 0.166. The second-order valence-corrected chi connectivity index (χ2v) is 5.02. The van der Waals surface area contributed by atoms with E-state index in [0.29, 0.717) is 17.3 Å². The third-order valence-electron chi connectivity index (χ3n) is 3.19. The summed E-state index contributed by atoms with van der Waals surface area (Å²) in [5, 5.41) is 2.69. The minimum atomic E-state index is -0.313. The molecule has 0 unspecified atom stereocenters. The van der Waals surface area contributed by atoms with Crippen LogP contribution in [0.2, 0.25) is 0 Å². The first kappa shape index (κ1) is 15.6. The summed E-state index contributed by atoms with van der Waals surface area (Å²) >= 11 is 0. The lowest BCUT2D eigenvalue weighted by molar-refractivity contribution is -0.115. The number of ether oxygens (including phenoxy) is 1. The van der Waals surface area contributed by atoms with Gasteiger partial charge >= 0.3 is 0 Å². The SMILES string of the molecule is O=C(Cc1ccc(Oc2ccc(F)cc2)cc1)Nc1ccncn1. The summed E-state index contributed by atoms with van der Waals surface area (Å²) < 4.78 is 18.5. The van der Waals surface area contributed by atoms with Gasteiger partial charge in [0.15, 0.2) is 0 Å². The predicted octanol–water partition coefficient (Wildman–Crippen LogP) is 3.59. The van der Waals surface area contributed by atoms with Crippen LogP contribution >= 0.6 is 0 Å². The summed E-state index contributed by atoms with van der Waals surface area (Å²) in [5.74, 6) is 1.15. The predicted molar refractivity (Wildman–Crippen MR) is 87.3 cm³/mol. The van der Waals surface area contributed by atoms with E-state index in [9.17, 15) is 9.18 Å². The van der Waals surface area contributed by atoms with Crippen LogP contribution < -0.4 is 10.1 Å². The molecule has 0 atom stereocenters. The Labute approximate surface area is 138 Å². The molecule has 0 saturated carbocycles. The van der Waals surface area contributed by atoms with Gasteiger partial charge in [-0.2, -0.15) is 0 Å². The Morgan fingerprint density at radius 1 is 1.00 bits per heavy atom. The smallest absolute Gasteiger partial charge is 0.229 e. The maximum atomic E-state index is 12.9. The van der Waals surface area contributed by atoms with Gasteiger partial charge in [-0.3, -0.25) is 4.79 Å². The fourth-order valence-electron chi connectivity index (χ4n) is 2.05. The maximum Gasteiger partial charge on any atom is 0.229 e. The zero-order chi connectivity index (χ0) is 16.8. The van der Waals surface area contributed by atoms with Crippen LogP contribution in [0.15, 0.2) is 67.1 Å². The number of aromatic nitrogens is 2. The standard InChI is InChI=1S/C18H14FN3O2/c19-14-3-7-16(8-4-14)24-15-5-1-13(2-6-15)11-18(23)22-17-9-10-20-12-21-17/h1-10,12H,11H2,(H,20,21,22,23). The molecule has 0 fully saturated rings. The molecule has 3 rings (SSSR count). The van der Waals surface area contributed by atoms with Gasteiger partial charge in [0.2, 0.25) is 5.91 Å². The van der Waals surface area contributed by atoms with Crippen LogP contribution in [0, 0.1) is 5.82 Å². The second-order valence-electron chi connectivity index (χ2n) is 5.02. The van der Waals surface area contributed by atoms with Crippen LogP contribution in [0.3, 0.4) is 0 Å². The number of hydrogen-bond donors (Lipinski definition) is 1. The van der Waals surface area contributed by atoms with Gasteiger partial charge in [0.1, 0.15) is 29.5 Å². The lowest BCUT2D eigenvalue weighted by Gasteiger charge is -2.07. The number of hydrogen-bond acceptors (Lipinski definition) is 4. The van der Waals surface area contributed by atoms with Crippen LogP contribution in [0.4, 0.5) is 10.2 Å². The maximum absolute atomic E-state index is 12.9. The Hall–Kier alpha value is -3.28. The van der Waals surface area contributed by atoms with E-state index < -0.39 is 0 Å². The van der Waals surface area contributed by atoms with Gasteiger partial charge in [0, 0.05) is 6.20 Å². The monoisotopic (exact) mass is 323 g/mol. The molecule has 6 heteroatoms. The Bertz CT molecular complexity index is 806. The largest absolute Gasteiger partial charge is 0.457 e. The van der Waals surface area contributed by atoms with E-state index in [0.717, 1.165) is 5.56 Å². The molecule has 0 aliphatic heterocycles. The average Bonchev–Trinajstić information content (AvgIpc) is 2.59. The highest BCUT2D eigenvalue weighted by molar-refractivity contribution is 5.91. The van der Waals surface area contributed by atoms with Gasteiger partial charge in [-0.25, -0.2) is 14.4 Å². The molecular weight excluding hydrogens is 309 g/mol. The van der Waals surface area contributed by atoms with Crippen molar-refractivity contribution in [2.24, 2.45) is 0 Å². The van der Waals surface area contributed by atoms with Crippen molar-refractivity contribution in [3.8, 4) is 11.5 Å². The van der Waals surface area contributed by atoms with E-state index >= 15 is 0 Å². The third-order valence-corrected chi connectivity index (χ3v) is 3.19. The number of nitrogens with one attached hydrogen (secondary N) is 1. The molecule has 0 saturated heterocycles. The van der Waals surface area contributed by atoms with Crippen molar-refractivity contribution in [2.45, 2.75) is 6.42 Å². The zero-order valence-electron chi connectivity index (χ0n) is 12.6. The van der Waals surface area contributed by atoms with E-state index in [1.807, 2.05) is 0 Å². The van der Waals surface area contributed by atoms with Gasteiger partial charge in [0.05, 0.1) is 6.42 Å². The number of halogens is 1. The summed E-state index contributed by atoms with van der Waals surface area (Å²) in [6.07, 6.45) is 3.15. The molecule has 0 aliphatic rings. The average molecular weight is 323 g/mol. The van der Waals surface area contributed by atoms with E-state index in [-0.39, 0.29) is 18.1 Å². The highest BCUT2D eigenvalue weighted by Gasteiger charge is 2.05. The number of rotatable bonds is 5. The summed E-state index contributed by atoms with van der Waals surface area (Å²) in [6.45, 7) is 0. The molecule has 24 heavy (non-hydrogen) atoms. The topological polar surface area (TPSA) is 64.1 Å². The van der Waals surface area contributed by atoms with Gasteiger partial charge in [-0.15, -0.1) is 0 Å². The second kappa shape index (κ2) is 7.32. The number of benzene rings is 2. The number of carbonyl (C=O) groups excluding carboxylic acids is 1. The highest BCUT2D eigenvalue weighted by atomic mass is 19.1. The number of anilines is 1. The molecule has 2 aromatic carbocycles. The van der Waals surface area contributed by atoms with Crippen LogP contribution in [0.5, 0.6) is 11.5 Å². The Morgan fingerprint density at radius 3 is 2.29 bits per heavy atom. The summed E-state index contributed by atoms with van der Waals surface area (Å²) in [7, 11) is 0. The molecule has 1 heterocycles. The molecule has 120 valence electrons. The molecule has 3 aromatic rings. The first-order valence-electron chi connectivity index (χ1n) is 7.27. The molecular formula is C18H14FN3O2. The van der Waals surface area contributed by atoms with Crippen LogP contribution in [0.25, 0.3) is 0 Å². The van der Waals surface area contributed by atoms with Gasteiger partial charge in [0.25, 0.3) is 0 Å². The Balaban J connectivity index is 1.58. The summed E-state index contributed by atoms with van der Waals surface area (Å²) in [5.41, 5.74) is 0.841. The summed E-state index contributed by atoms with van der Waals surface area (Å²) in [4.78, 5) is 19.7. The fourth-order valence-corrected chi connectivity index (χ4v) is 2.05. The van der Waals surface area contributed by atoms with Crippen molar-refractivity contribution in [1.29, 1.82) is 0 Å².